The van der Waals surface area contributed by atoms with E-state index in [0.717, 1.165) is 22.7 Å². The number of anilines is 1. The molecule has 3 aromatic rings. The van der Waals surface area contributed by atoms with Crippen LogP contribution in [0.25, 0.3) is 0 Å². The van der Waals surface area contributed by atoms with Gasteiger partial charge in [-0.15, -0.1) is 10.2 Å². The summed E-state index contributed by atoms with van der Waals surface area (Å²) in [6, 6.07) is 14.0. The van der Waals surface area contributed by atoms with Gasteiger partial charge < -0.3 is 20.9 Å². The van der Waals surface area contributed by atoms with E-state index < -0.39 is 6.04 Å². The van der Waals surface area contributed by atoms with Gasteiger partial charge in [0.1, 0.15) is 5.51 Å². The molecule has 40 heavy (non-hydrogen) atoms. The summed E-state index contributed by atoms with van der Waals surface area (Å²) in [5.41, 5.74) is 9.94. The van der Waals surface area contributed by atoms with Gasteiger partial charge in [0, 0.05) is 35.7 Å². The fraction of sp³-hybridized carbons (Fsp3) is 0.448. The SMILES string of the molecule is CC(C)C1CN(C(=O)[C@H](N)Cc2ccc(Cl)cc2Cl)[C@@H](CCCNc2nncs2)CN1C(=O)Cc1ccccc1. The highest BCUT2D eigenvalue weighted by molar-refractivity contribution is 7.13. The van der Waals surface area contributed by atoms with Crippen molar-refractivity contribution in [3.8, 4) is 0 Å². The summed E-state index contributed by atoms with van der Waals surface area (Å²) in [6.45, 7) is 5.78. The molecule has 0 spiro atoms. The standard InChI is InChI=1S/C29H36Cl2N6O2S/c1-19(2)26-17-36(28(39)25(32)14-21-10-11-22(30)15-24(21)31)23(9-6-12-33-29-35-34-18-40-29)16-37(26)27(38)13-20-7-4-3-5-8-20/h3-5,7-8,10-11,15,18-19,23,25-26H,6,9,12-14,16-17,32H2,1-2H3,(H,33,35)/t23-,25+,26?/m0/s1. The number of nitrogens with one attached hydrogen (secondary N) is 1. The van der Waals surface area contributed by atoms with Gasteiger partial charge in [-0.3, -0.25) is 9.59 Å². The fourth-order valence-corrected chi connectivity index (χ4v) is 6.12. The highest BCUT2D eigenvalue weighted by Crippen LogP contribution is 2.27. The highest BCUT2D eigenvalue weighted by atomic mass is 35.5. The molecule has 8 nitrogen and oxygen atoms in total. The minimum Gasteiger partial charge on any atom is -0.360 e. The molecule has 0 radical (unpaired) electrons. The van der Waals surface area contributed by atoms with Gasteiger partial charge >= 0.3 is 0 Å². The lowest BCUT2D eigenvalue weighted by atomic mass is 9.93. The molecule has 2 heterocycles. The van der Waals surface area contributed by atoms with Crippen LogP contribution in [-0.4, -0.2) is 69.6 Å². The Kier molecular flexibility index (Phi) is 10.8. The van der Waals surface area contributed by atoms with Gasteiger partial charge in [0.05, 0.1) is 18.5 Å². The number of benzene rings is 2. The molecule has 1 aromatic heterocycles. The van der Waals surface area contributed by atoms with E-state index in [1.54, 1.807) is 17.6 Å². The summed E-state index contributed by atoms with van der Waals surface area (Å²) in [6.07, 6.45) is 2.14. The number of hydrogen-bond acceptors (Lipinski definition) is 7. The third kappa shape index (κ3) is 7.94. The molecular formula is C29H36Cl2N6O2S. The van der Waals surface area contributed by atoms with E-state index in [9.17, 15) is 9.59 Å². The van der Waals surface area contributed by atoms with E-state index >= 15 is 0 Å². The highest BCUT2D eigenvalue weighted by Gasteiger charge is 2.40. The number of nitrogens with zero attached hydrogens (tertiary/aromatic N) is 4. The lowest BCUT2D eigenvalue weighted by Gasteiger charge is -2.48. The Hall–Kier alpha value is -2.72. The van der Waals surface area contributed by atoms with Gasteiger partial charge in [0.2, 0.25) is 16.9 Å². The number of hydrogen-bond donors (Lipinski definition) is 2. The molecule has 3 atom stereocenters. The molecule has 1 fully saturated rings. The summed E-state index contributed by atoms with van der Waals surface area (Å²) in [7, 11) is 0. The fourth-order valence-electron chi connectivity index (χ4n) is 5.16. The van der Waals surface area contributed by atoms with E-state index in [1.165, 1.54) is 11.3 Å². The third-order valence-corrected chi connectivity index (χ3v) is 8.56. The molecule has 2 amide bonds. The Morgan fingerprint density at radius 1 is 1.12 bits per heavy atom. The van der Waals surface area contributed by atoms with Crippen LogP contribution in [0.1, 0.15) is 37.8 Å². The van der Waals surface area contributed by atoms with Gasteiger partial charge in [-0.25, -0.2) is 0 Å². The Balaban J connectivity index is 1.51. The van der Waals surface area contributed by atoms with Crippen molar-refractivity contribution in [1.29, 1.82) is 0 Å². The molecule has 0 aliphatic carbocycles. The Labute approximate surface area is 249 Å². The van der Waals surface area contributed by atoms with Crippen molar-refractivity contribution in [2.75, 3.05) is 25.0 Å². The largest absolute Gasteiger partial charge is 0.360 e. The van der Waals surface area contributed by atoms with Crippen molar-refractivity contribution in [2.45, 2.75) is 57.7 Å². The number of carbonyl (C=O) groups is 2. The van der Waals surface area contributed by atoms with Crippen molar-refractivity contribution in [3.63, 3.8) is 0 Å². The number of carbonyl (C=O) groups excluding carboxylic acids is 2. The third-order valence-electron chi connectivity index (χ3n) is 7.33. The first-order chi connectivity index (χ1) is 19.2. The zero-order valence-corrected chi connectivity index (χ0v) is 25.1. The second-order valence-corrected chi connectivity index (χ2v) is 12.2. The molecule has 0 bridgehead atoms. The predicted molar refractivity (Wildman–Crippen MR) is 162 cm³/mol. The number of rotatable bonds is 11. The molecule has 214 valence electrons. The average molecular weight is 604 g/mol. The zero-order valence-electron chi connectivity index (χ0n) is 22.8. The molecule has 3 N–H and O–H groups in total. The van der Waals surface area contributed by atoms with Crippen LogP contribution in [0.15, 0.2) is 54.0 Å². The maximum Gasteiger partial charge on any atom is 0.240 e. The first kappa shape index (κ1) is 30.2. The van der Waals surface area contributed by atoms with Crippen molar-refractivity contribution in [3.05, 3.63) is 75.2 Å². The van der Waals surface area contributed by atoms with Crippen LogP contribution in [0.5, 0.6) is 0 Å². The molecular weight excluding hydrogens is 567 g/mol. The van der Waals surface area contributed by atoms with Crippen molar-refractivity contribution in [2.24, 2.45) is 11.7 Å². The molecule has 1 unspecified atom stereocenters. The number of aromatic nitrogens is 2. The summed E-state index contributed by atoms with van der Waals surface area (Å²) < 4.78 is 0. The van der Waals surface area contributed by atoms with E-state index in [0.29, 0.717) is 48.9 Å². The topological polar surface area (TPSA) is 104 Å². The number of halogens is 2. The molecule has 2 aromatic carbocycles. The van der Waals surface area contributed by atoms with Gasteiger partial charge in [-0.1, -0.05) is 84.8 Å². The number of amides is 2. The van der Waals surface area contributed by atoms with Crippen LogP contribution in [0.2, 0.25) is 10.0 Å². The van der Waals surface area contributed by atoms with Gasteiger partial charge in [0.25, 0.3) is 0 Å². The quantitative estimate of drug-likeness (QED) is 0.302. The first-order valence-corrected chi connectivity index (χ1v) is 15.2. The Bertz CT molecular complexity index is 1260. The summed E-state index contributed by atoms with van der Waals surface area (Å²) in [5, 5.41) is 13.0. The van der Waals surface area contributed by atoms with Crippen molar-refractivity contribution < 1.29 is 9.59 Å². The van der Waals surface area contributed by atoms with Gasteiger partial charge in [0.15, 0.2) is 0 Å². The molecule has 1 aliphatic rings. The molecule has 4 rings (SSSR count). The first-order valence-electron chi connectivity index (χ1n) is 13.6. The maximum absolute atomic E-state index is 13.8. The summed E-state index contributed by atoms with van der Waals surface area (Å²) >= 11 is 13.9. The van der Waals surface area contributed by atoms with E-state index in [2.05, 4.69) is 29.4 Å². The minimum atomic E-state index is -0.764. The van der Waals surface area contributed by atoms with Crippen LogP contribution < -0.4 is 11.1 Å². The summed E-state index contributed by atoms with van der Waals surface area (Å²) in [4.78, 5) is 31.3. The Morgan fingerprint density at radius 2 is 1.90 bits per heavy atom. The normalized spacial score (nSPS) is 18.1. The maximum atomic E-state index is 13.8. The summed E-state index contributed by atoms with van der Waals surface area (Å²) in [5.74, 6) is 0.108. The van der Waals surface area contributed by atoms with Crippen LogP contribution in [0, 0.1) is 5.92 Å². The predicted octanol–water partition coefficient (Wildman–Crippen LogP) is 4.91. The van der Waals surface area contributed by atoms with Crippen molar-refractivity contribution in [1.82, 2.24) is 20.0 Å². The van der Waals surface area contributed by atoms with Crippen LogP contribution in [0.4, 0.5) is 5.13 Å². The van der Waals surface area contributed by atoms with E-state index in [4.69, 9.17) is 28.9 Å². The number of piperazine rings is 1. The lowest BCUT2D eigenvalue weighted by molar-refractivity contribution is -0.149. The van der Waals surface area contributed by atoms with Crippen LogP contribution >= 0.6 is 34.5 Å². The van der Waals surface area contributed by atoms with Crippen LogP contribution in [0.3, 0.4) is 0 Å². The molecule has 1 aliphatic heterocycles. The molecule has 11 heteroatoms. The molecule has 1 saturated heterocycles. The van der Waals surface area contributed by atoms with Crippen LogP contribution in [-0.2, 0) is 22.4 Å². The monoisotopic (exact) mass is 602 g/mol. The van der Waals surface area contributed by atoms with E-state index in [-0.39, 0.29) is 29.8 Å². The van der Waals surface area contributed by atoms with Crippen molar-refractivity contribution >= 4 is 51.5 Å². The van der Waals surface area contributed by atoms with Gasteiger partial charge in [-0.05, 0) is 48.4 Å². The van der Waals surface area contributed by atoms with Gasteiger partial charge in [-0.2, -0.15) is 0 Å². The van der Waals surface area contributed by atoms with E-state index in [1.807, 2.05) is 46.2 Å². The molecule has 0 saturated carbocycles. The zero-order chi connectivity index (χ0) is 28.6. The lowest BCUT2D eigenvalue weighted by Crippen LogP contribution is -2.65. The Morgan fingerprint density at radius 3 is 2.58 bits per heavy atom. The second kappa shape index (κ2) is 14.3. The second-order valence-electron chi connectivity index (χ2n) is 10.5. The average Bonchev–Trinajstić information content (AvgIpc) is 3.46. The minimum absolute atomic E-state index is 0.0752. The number of nitrogens with two attached hydrogens (primary N) is 1. The smallest absolute Gasteiger partial charge is 0.240 e.